The van der Waals surface area contributed by atoms with E-state index in [0.29, 0.717) is 6.54 Å². The Balaban J connectivity index is 2.33. The molecule has 2 rings (SSSR count). The first kappa shape index (κ1) is 16.8. The van der Waals surface area contributed by atoms with Crippen molar-refractivity contribution in [3.8, 4) is 0 Å². The molecule has 0 N–H and O–H groups in total. The summed E-state index contributed by atoms with van der Waals surface area (Å²) in [6.07, 6.45) is 0. The molecule has 114 valence electrons. The summed E-state index contributed by atoms with van der Waals surface area (Å²) in [5.74, 6) is 0.0427. The van der Waals surface area contributed by atoms with Gasteiger partial charge in [-0.15, -0.1) is 0 Å². The first-order valence-corrected chi connectivity index (χ1v) is 17.5. The molecule has 0 spiro atoms. The van der Waals surface area contributed by atoms with Gasteiger partial charge in [-0.05, 0) is 0 Å². The van der Waals surface area contributed by atoms with Crippen LogP contribution in [0.15, 0.2) is 71.0 Å². The van der Waals surface area contributed by atoms with Gasteiger partial charge in [0.15, 0.2) is 0 Å². The van der Waals surface area contributed by atoms with Crippen molar-refractivity contribution in [2.45, 2.75) is 21.4 Å². The summed E-state index contributed by atoms with van der Waals surface area (Å²) in [6.45, 7) is 4.85. The number of rotatable bonds is 5. The zero-order valence-electron chi connectivity index (χ0n) is 13.5. The Morgan fingerprint density at radius 3 is 1.95 bits per heavy atom. The third-order valence-corrected chi connectivity index (χ3v) is 9.35. The van der Waals surface area contributed by atoms with Crippen molar-refractivity contribution in [3.63, 3.8) is 0 Å². The Morgan fingerprint density at radius 1 is 0.955 bits per heavy atom. The average molecular weight is 400 g/mol. The van der Waals surface area contributed by atoms with E-state index in [2.05, 4.69) is 33.5 Å². The number of hydrogen-bond acceptors (Lipinski definition) is 1. The molecule has 0 heterocycles. The van der Waals surface area contributed by atoms with Crippen LogP contribution in [0.3, 0.4) is 0 Å². The van der Waals surface area contributed by atoms with Gasteiger partial charge in [0.05, 0.1) is 0 Å². The summed E-state index contributed by atoms with van der Waals surface area (Å²) >= 11 is -2.43. The maximum absolute atomic E-state index is 12.9. The molecule has 0 aliphatic rings. The number of nitrogens with zero attached hydrogens (tertiary/aromatic N) is 1. The number of hydrogen-bond donors (Lipinski definition) is 0. The first-order chi connectivity index (χ1) is 10.4. The Morgan fingerprint density at radius 2 is 1.45 bits per heavy atom. The summed E-state index contributed by atoms with van der Waals surface area (Å²) in [4.78, 5) is 21.7. The standard InChI is InChI=1S/C16H14NO.3CH3.Sn/c1-2-17(13-14-9-5-3-6-10-14)16(18)15-11-7-4-8-12-15;;;;/h3-12H,1,13H2;3*1H3;. The fourth-order valence-electron chi connectivity index (χ4n) is 2.20. The average Bonchev–Trinajstić information content (AvgIpc) is 2.52. The molecule has 0 bridgehead atoms. The summed E-state index contributed by atoms with van der Waals surface area (Å²) in [5.41, 5.74) is 1.85. The third-order valence-electron chi connectivity index (χ3n) is 3.64. The Bertz CT molecular complexity index is 644. The van der Waals surface area contributed by atoms with Crippen LogP contribution in [-0.4, -0.2) is 29.2 Å². The van der Waals surface area contributed by atoms with Gasteiger partial charge in [-0.25, -0.2) is 0 Å². The van der Waals surface area contributed by atoms with E-state index in [1.54, 1.807) is 0 Å². The van der Waals surface area contributed by atoms with Crippen LogP contribution in [0.2, 0.25) is 14.8 Å². The molecule has 0 fully saturated rings. The Kier molecular flexibility index (Phi) is 5.46. The number of carbonyl (C=O) groups excluding carboxylic acids is 1. The quantitative estimate of drug-likeness (QED) is 0.666. The van der Waals surface area contributed by atoms with Crippen molar-refractivity contribution >= 4 is 24.3 Å². The number of amides is 1. The molecule has 0 aliphatic carbocycles. The van der Waals surface area contributed by atoms with E-state index >= 15 is 0 Å². The van der Waals surface area contributed by atoms with E-state index < -0.39 is 18.4 Å². The summed E-state index contributed by atoms with van der Waals surface area (Å²) in [5, 5.41) is 0. The van der Waals surface area contributed by atoms with Crippen molar-refractivity contribution in [2.75, 3.05) is 0 Å². The molecule has 0 radical (unpaired) electrons. The molecule has 0 aromatic heterocycles. The second-order valence-electron chi connectivity index (χ2n) is 6.44. The summed E-state index contributed by atoms with van der Waals surface area (Å²) in [7, 11) is 0. The van der Waals surface area contributed by atoms with Gasteiger partial charge in [-0.2, -0.15) is 0 Å². The van der Waals surface area contributed by atoms with Crippen molar-refractivity contribution in [2.24, 2.45) is 0 Å². The zero-order chi connectivity index (χ0) is 16.2. The molecule has 2 aromatic carbocycles. The van der Waals surface area contributed by atoms with E-state index in [9.17, 15) is 4.79 Å². The Hall–Kier alpha value is -1.55. The number of carbonyl (C=O) groups is 1. The fraction of sp³-hybridized carbons (Fsp3) is 0.211. The van der Waals surface area contributed by atoms with E-state index in [1.807, 2.05) is 53.4 Å². The van der Waals surface area contributed by atoms with Crippen LogP contribution in [0.25, 0.3) is 0 Å². The molecule has 0 atom stereocenters. The van der Waals surface area contributed by atoms with Crippen LogP contribution >= 0.6 is 0 Å². The number of benzene rings is 2. The van der Waals surface area contributed by atoms with E-state index in [0.717, 1.165) is 14.8 Å². The van der Waals surface area contributed by atoms with Crippen molar-refractivity contribution in [3.05, 3.63) is 82.1 Å². The van der Waals surface area contributed by atoms with Crippen molar-refractivity contribution in [1.82, 2.24) is 4.90 Å². The molecular formula is C19H23NOSn. The fourth-order valence-corrected chi connectivity index (χ4v) is 5.02. The maximum atomic E-state index is 12.9. The normalized spacial score (nSPS) is 11.0. The molecule has 2 nitrogen and oxygen atoms in total. The van der Waals surface area contributed by atoms with Gasteiger partial charge >= 0.3 is 137 Å². The van der Waals surface area contributed by atoms with Gasteiger partial charge in [-0.1, -0.05) is 0 Å². The molecule has 2 aromatic rings. The molecule has 0 saturated carbocycles. The van der Waals surface area contributed by atoms with Crippen molar-refractivity contribution < 1.29 is 4.79 Å². The zero-order valence-corrected chi connectivity index (χ0v) is 16.4. The third kappa shape index (κ3) is 4.23. The van der Waals surface area contributed by atoms with Crippen LogP contribution in [0.1, 0.15) is 15.9 Å². The molecule has 0 aliphatic heterocycles. The predicted molar refractivity (Wildman–Crippen MR) is 95.2 cm³/mol. The van der Waals surface area contributed by atoms with Crippen LogP contribution in [0.5, 0.6) is 0 Å². The minimum absolute atomic E-state index is 0.0427. The minimum atomic E-state index is -2.43. The predicted octanol–water partition coefficient (Wildman–Crippen LogP) is 4.72. The monoisotopic (exact) mass is 401 g/mol. The molecule has 3 heteroatoms. The molecule has 0 saturated heterocycles. The Labute approximate surface area is 137 Å². The van der Waals surface area contributed by atoms with E-state index in [4.69, 9.17) is 0 Å². The summed E-state index contributed by atoms with van der Waals surface area (Å²) < 4.78 is 1.03. The second-order valence-corrected chi connectivity index (χ2v) is 20.9. The summed E-state index contributed by atoms with van der Waals surface area (Å²) in [6, 6.07) is 19.6. The van der Waals surface area contributed by atoms with E-state index in [1.165, 1.54) is 0 Å². The topological polar surface area (TPSA) is 20.3 Å². The van der Waals surface area contributed by atoms with Crippen molar-refractivity contribution in [1.29, 1.82) is 0 Å². The second kappa shape index (κ2) is 7.14. The molecular weight excluding hydrogens is 377 g/mol. The van der Waals surface area contributed by atoms with Gasteiger partial charge in [0, 0.05) is 0 Å². The van der Waals surface area contributed by atoms with Crippen LogP contribution < -0.4 is 0 Å². The molecule has 0 unspecified atom stereocenters. The molecule has 1 amide bonds. The van der Waals surface area contributed by atoms with Gasteiger partial charge in [0.1, 0.15) is 0 Å². The van der Waals surface area contributed by atoms with Gasteiger partial charge in [-0.3, -0.25) is 0 Å². The van der Waals surface area contributed by atoms with Crippen LogP contribution in [-0.2, 0) is 6.54 Å². The van der Waals surface area contributed by atoms with Crippen LogP contribution in [0.4, 0.5) is 0 Å². The van der Waals surface area contributed by atoms with E-state index in [-0.39, 0.29) is 5.91 Å². The van der Waals surface area contributed by atoms with Gasteiger partial charge in [0.25, 0.3) is 0 Å². The van der Waals surface area contributed by atoms with Gasteiger partial charge < -0.3 is 0 Å². The first-order valence-electron chi connectivity index (χ1n) is 7.50. The SMILES string of the molecule is C=[C](N(Cc1ccccc1)C(=O)c1ccccc1)[Sn]([CH3])([CH3])[CH3]. The molecule has 22 heavy (non-hydrogen) atoms. The van der Waals surface area contributed by atoms with Crippen LogP contribution in [0, 0.1) is 0 Å². The van der Waals surface area contributed by atoms with Gasteiger partial charge in [0.2, 0.25) is 0 Å².